The van der Waals surface area contributed by atoms with Crippen molar-refractivity contribution < 1.29 is 20.1 Å². The molecule has 0 aromatic rings. The summed E-state index contributed by atoms with van der Waals surface area (Å²) in [6.07, 6.45) is 5.84. The van der Waals surface area contributed by atoms with Crippen LogP contribution in [0.2, 0.25) is 0 Å². The van der Waals surface area contributed by atoms with Gasteiger partial charge in [-0.05, 0) is 18.6 Å². The van der Waals surface area contributed by atoms with Gasteiger partial charge in [0.15, 0.2) is 11.5 Å². The first kappa shape index (κ1) is 9.38. The maximum Gasteiger partial charge on any atom is 0.327 e. The summed E-state index contributed by atoms with van der Waals surface area (Å²) in [5.74, 6) is -1.54. The number of carbonyl (C=O) groups is 1. The fourth-order valence-corrected chi connectivity index (χ4v) is 1.05. The Labute approximate surface area is 75.1 Å². The van der Waals surface area contributed by atoms with Gasteiger partial charge in [-0.3, -0.25) is 0 Å². The van der Waals surface area contributed by atoms with Crippen LogP contribution in [0, 0.1) is 5.92 Å². The number of carboxylic acids is 1. The van der Waals surface area contributed by atoms with Gasteiger partial charge >= 0.3 is 5.97 Å². The molecule has 4 heteroatoms. The third-order valence-electron chi connectivity index (χ3n) is 1.70. The summed E-state index contributed by atoms with van der Waals surface area (Å²) >= 11 is 0. The Kier molecular flexibility index (Phi) is 2.74. The van der Waals surface area contributed by atoms with E-state index in [1.165, 1.54) is 18.2 Å². The Balaban J connectivity index is 2.63. The Hall–Kier alpha value is -1.71. The van der Waals surface area contributed by atoms with Crippen molar-refractivity contribution in [3.63, 3.8) is 0 Å². The average molecular weight is 182 g/mol. The van der Waals surface area contributed by atoms with Crippen LogP contribution in [0.4, 0.5) is 0 Å². The van der Waals surface area contributed by atoms with E-state index in [9.17, 15) is 4.79 Å². The quantitative estimate of drug-likeness (QED) is 0.566. The first-order valence-corrected chi connectivity index (χ1v) is 3.81. The highest BCUT2D eigenvalue weighted by molar-refractivity contribution is 5.79. The van der Waals surface area contributed by atoms with Crippen molar-refractivity contribution in [3.05, 3.63) is 35.8 Å². The molecule has 3 N–H and O–H groups in total. The molecule has 1 unspecified atom stereocenters. The molecular weight excluding hydrogens is 172 g/mol. The Morgan fingerprint density at radius 1 is 1.46 bits per heavy atom. The second-order valence-electron chi connectivity index (χ2n) is 2.74. The lowest BCUT2D eigenvalue weighted by Gasteiger charge is -2.11. The number of aliphatic hydroxyl groups is 2. The van der Waals surface area contributed by atoms with Crippen molar-refractivity contribution in [1.29, 1.82) is 0 Å². The van der Waals surface area contributed by atoms with E-state index >= 15 is 0 Å². The van der Waals surface area contributed by atoms with Crippen LogP contribution in [0.25, 0.3) is 0 Å². The molecule has 0 amide bonds. The van der Waals surface area contributed by atoms with Crippen LogP contribution in [-0.2, 0) is 4.79 Å². The van der Waals surface area contributed by atoms with E-state index in [0.717, 1.165) is 6.08 Å². The Morgan fingerprint density at radius 2 is 2.15 bits per heavy atom. The predicted octanol–water partition coefficient (Wildman–Crippen LogP) is 1.53. The maximum absolute atomic E-state index is 10.2. The summed E-state index contributed by atoms with van der Waals surface area (Å²) < 4.78 is 0. The third-order valence-corrected chi connectivity index (χ3v) is 1.70. The lowest BCUT2D eigenvalue weighted by Crippen LogP contribution is -2.02. The summed E-state index contributed by atoms with van der Waals surface area (Å²) in [6, 6.07) is 0. The molecule has 0 aromatic carbocycles. The van der Waals surface area contributed by atoms with E-state index in [2.05, 4.69) is 0 Å². The van der Waals surface area contributed by atoms with Crippen molar-refractivity contribution in [1.82, 2.24) is 0 Å². The van der Waals surface area contributed by atoms with Crippen LogP contribution in [-0.4, -0.2) is 21.3 Å². The third kappa shape index (κ3) is 2.66. The van der Waals surface area contributed by atoms with E-state index in [0.29, 0.717) is 6.42 Å². The molecule has 0 saturated heterocycles. The molecule has 0 bridgehead atoms. The molecule has 1 rings (SSSR count). The zero-order valence-electron chi connectivity index (χ0n) is 6.84. The lowest BCUT2D eigenvalue weighted by molar-refractivity contribution is -0.131. The standard InChI is InChI=1S/C9H10O4/c10-7-3-1-6(5-8(7)11)2-4-9(12)13/h2-6,10-11H,1H2,(H,12,13)/b4-2+. The molecule has 13 heavy (non-hydrogen) atoms. The molecule has 0 radical (unpaired) electrons. The van der Waals surface area contributed by atoms with Crippen LogP contribution in [0.3, 0.4) is 0 Å². The molecule has 1 atom stereocenters. The topological polar surface area (TPSA) is 77.8 Å². The summed E-state index contributed by atoms with van der Waals surface area (Å²) in [6.45, 7) is 0. The van der Waals surface area contributed by atoms with Crippen LogP contribution < -0.4 is 0 Å². The summed E-state index contributed by atoms with van der Waals surface area (Å²) in [4.78, 5) is 10.2. The Morgan fingerprint density at radius 3 is 2.69 bits per heavy atom. The van der Waals surface area contributed by atoms with Gasteiger partial charge in [0.05, 0.1) is 0 Å². The minimum Gasteiger partial charge on any atom is -0.504 e. The van der Waals surface area contributed by atoms with Crippen molar-refractivity contribution in [2.75, 3.05) is 0 Å². The van der Waals surface area contributed by atoms with Gasteiger partial charge in [-0.25, -0.2) is 4.79 Å². The number of aliphatic carboxylic acids is 1. The summed E-state index contributed by atoms with van der Waals surface area (Å²) in [7, 11) is 0. The minimum atomic E-state index is -1.02. The SMILES string of the molecule is O=C(O)/C=C/C1C=C(O)C(O)=CC1. The number of allylic oxidation sites excluding steroid dienone is 3. The fourth-order valence-electron chi connectivity index (χ4n) is 1.05. The van der Waals surface area contributed by atoms with Gasteiger partial charge in [0.1, 0.15) is 0 Å². The van der Waals surface area contributed by atoms with E-state index in [1.54, 1.807) is 0 Å². The number of carboxylic acid groups (broad SMARTS) is 1. The van der Waals surface area contributed by atoms with Crippen molar-refractivity contribution in [2.45, 2.75) is 6.42 Å². The number of hydrogen-bond donors (Lipinski definition) is 3. The van der Waals surface area contributed by atoms with Gasteiger partial charge in [0.25, 0.3) is 0 Å². The van der Waals surface area contributed by atoms with Crippen molar-refractivity contribution in [3.8, 4) is 0 Å². The molecular formula is C9H10O4. The second-order valence-corrected chi connectivity index (χ2v) is 2.74. The molecule has 0 heterocycles. The molecule has 4 nitrogen and oxygen atoms in total. The smallest absolute Gasteiger partial charge is 0.327 e. The molecule has 0 saturated carbocycles. The van der Waals surface area contributed by atoms with Gasteiger partial charge in [0, 0.05) is 12.0 Å². The van der Waals surface area contributed by atoms with Crippen LogP contribution in [0.5, 0.6) is 0 Å². The van der Waals surface area contributed by atoms with Crippen molar-refractivity contribution in [2.24, 2.45) is 5.92 Å². The number of aliphatic hydroxyl groups excluding tert-OH is 2. The van der Waals surface area contributed by atoms with Crippen LogP contribution in [0.1, 0.15) is 6.42 Å². The number of rotatable bonds is 2. The maximum atomic E-state index is 10.2. The summed E-state index contributed by atoms with van der Waals surface area (Å²) in [5, 5.41) is 26.4. The average Bonchev–Trinajstić information content (AvgIpc) is 2.07. The lowest BCUT2D eigenvalue weighted by atomic mass is 9.98. The fraction of sp³-hybridized carbons (Fsp3) is 0.222. The highest BCUT2D eigenvalue weighted by Gasteiger charge is 2.11. The molecule has 70 valence electrons. The first-order chi connectivity index (χ1) is 6.09. The monoisotopic (exact) mass is 182 g/mol. The van der Waals surface area contributed by atoms with E-state index in [4.69, 9.17) is 15.3 Å². The van der Waals surface area contributed by atoms with Gasteiger partial charge < -0.3 is 15.3 Å². The molecule has 0 aromatic heterocycles. The molecule has 1 aliphatic carbocycles. The second kappa shape index (κ2) is 3.80. The van der Waals surface area contributed by atoms with Crippen LogP contribution in [0.15, 0.2) is 35.8 Å². The largest absolute Gasteiger partial charge is 0.504 e. The summed E-state index contributed by atoms with van der Waals surface area (Å²) in [5.41, 5.74) is 0. The van der Waals surface area contributed by atoms with Gasteiger partial charge in [0.2, 0.25) is 0 Å². The van der Waals surface area contributed by atoms with E-state index in [1.807, 2.05) is 0 Å². The zero-order chi connectivity index (χ0) is 9.84. The molecule has 0 aliphatic heterocycles. The zero-order valence-corrected chi connectivity index (χ0v) is 6.84. The highest BCUT2D eigenvalue weighted by atomic mass is 16.4. The molecule has 0 spiro atoms. The number of hydrogen-bond acceptors (Lipinski definition) is 3. The Bertz CT molecular complexity index is 299. The van der Waals surface area contributed by atoms with Crippen molar-refractivity contribution >= 4 is 5.97 Å². The molecule has 1 aliphatic rings. The predicted molar refractivity (Wildman–Crippen MR) is 46.3 cm³/mol. The van der Waals surface area contributed by atoms with Gasteiger partial charge in [-0.1, -0.05) is 6.08 Å². The van der Waals surface area contributed by atoms with E-state index in [-0.39, 0.29) is 17.4 Å². The van der Waals surface area contributed by atoms with E-state index < -0.39 is 5.97 Å². The minimum absolute atomic E-state index is 0.153. The first-order valence-electron chi connectivity index (χ1n) is 3.81. The molecule has 0 fully saturated rings. The highest BCUT2D eigenvalue weighted by Crippen LogP contribution is 2.20. The van der Waals surface area contributed by atoms with Crippen LogP contribution >= 0.6 is 0 Å². The normalized spacial score (nSPS) is 22.6. The van der Waals surface area contributed by atoms with Gasteiger partial charge in [-0.15, -0.1) is 0 Å². The van der Waals surface area contributed by atoms with Gasteiger partial charge in [-0.2, -0.15) is 0 Å².